The highest BCUT2D eigenvalue weighted by Gasteiger charge is 2.19. The zero-order valence-corrected chi connectivity index (χ0v) is 9.08. The Labute approximate surface area is 86.5 Å². The van der Waals surface area contributed by atoms with Crippen LogP contribution in [0.3, 0.4) is 0 Å². The van der Waals surface area contributed by atoms with Crippen LogP contribution in [0.4, 0.5) is 0 Å². The van der Waals surface area contributed by atoms with Crippen molar-refractivity contribution in [1.82, 2.24) is 5.32 Å². The first-order chi connectivity index (χ1) is 6.74. The Balaban J connectivity index is 2.16. The molecule has 84 valence electrons. The van der Waals surface area contributed by atoms with Gasteiger partial charge in [-0.2, -0.15) is 0 Å². The summed E-state index contributed by atoms with van der Waals surface area (Å²) in [5.41, 5.74) is 0. The summed E-state index contributed by atoms with van der Waals surface area (Å²) in [6.07, 6.45) is 6.08. The molecule has 2 atom stereocenters. The first-order valence-electron chi connectivity index (χ1n) is 5.76. The second kappa shape index (κ2) is 6.38. The molecule has 0 aromatic rings. The third-order valence-corrected chi connectivity index (χ3v) is 3.24. The fourth-order valence-corrected chi connectivity index (χ4v) is 2.19. The maximum absolute atomic E-state index is 9.19. The molecule has 0 unspecified atom stereocenters. The van der Waals surface area contributed by atoms with Gasteiger partial charge in [0, 0.05) is 12.6 Å². The third-order valence-electron chi connectivity index (χ3n) is 3.24. The topological polar surface area (TPSA) is 52.5 Å². The van der Waals surface area contributed by atoms with Gasteiger partial charge in [0.2, 0.25) is 0 Å². The van der Waals surface area contributed by atoms with Gasteiger partial charge in [0.15, 0.2) is 0 Å². The van der Waals surface area contributed by atoms with Crippen molar-refractivity contribution < 1.29 is 10.2 Å². The van der Waals surface area contributed by atoms with Crippen molar-refractivity contribution in [3.8, 4) is 0 Å². The number of aliphatic hydroxyl groups excluding tert-OH is 2. The van der Waals surface area contributed by atoms with Crippen LogP contribution in [0.2, 0.25) is 0 Å². The average molecular weight is 201 g/mol. The first kappa shape index (κ1) is 12.0. The third kappa shape index (κ3) is 3.95. The molecule has 0 saturated heterocycles. The van der Waals surface area contributed by atoms with Crippen molar-refractivity contribution in [2.75, 3.05) is 13.2 Å². The van der Waals surface area contributed by atoms with Gasteiger partial charge in [0.1, 0.15) is 0 Å². The van der Waals surface area contributed by atoms with E-state index in [1.807, 2.05) is 0 Å². The van der Waals surface area contributed by atoms with Crippen molar-refractivity contribution >= 4 is 0 Å². The molecular formula is C11H23NO2. The van der Waals surface area contributed by atoms with Gasteiger partial charge in [0.05, 0.1) is 12.7 Å². The molecule has 0 aromatic carbocycles. The maximum Gasteiger partial charge on any atom is 0.0895 e. The highest BCUT2D eigenvalue weighted by molar-refractivity contribution is 4.76. The van der Waals surface area contributed by atoms with Crippen molar-refractivity contribution in [2.24, 2.45) is 5.92 Å². The molecule has 1 aliphatic rings. The molecule has 0 spiro atoms. The van der Waals surface area contributed by atoms with E-state index >= 15 is 0 Å². The highest BCUT2D eigenvalue weighted by atomic mass is 16.3. The summed E-state index contributed by atoms with van der Waals surface area (Å²) >= 11 is 0. The van der Waals surface area contributed by atoms with Gasteiger partial charge in [-0.25, -0.2) is 0 Å². The summed E-state index contributed by atoms with van der Waals surface area (Å²) in [5.74, 6) is 0.759. The first-order valence-corrected chi connectivity index (χ1v) is 5.76. The Kier molecular flexibility index (Phi) is 5.45. The van der Waals surface area contributed by atoms with Gasteiger partial charge < -0.3 is 15.5 Å². The van der Waals surface area contributed by atoms with Crippen LogP contribution in [0.1, 0.15) is 39.0 Å². The van der Waals surface area contributed by atoms with Crippen molar-refractivity contribution in [3.05, 3.63) is 0 Å². The van der Waals surface area contributed by atoms with Crippen LogP contribution in [-0.2, 0) is 0 Å². The largest absolute Gasteiger partial charge is 0.394 e. The molecule has 1 saturated carbocycles. The highest BCUT2D eigenvalue weighted by Crippen LogP contribution is 2.26. The van der Waals surface area contributed by atoms with E-state index in [1.165, 1.54) is 32.1 Å². The van der Waals surface area contributed by atoms with Crippen LogP contribution in [-0.4, -0.2) is 35.5 Å². The van der Waals surface area contributed by atoms with Gasteiger partial charge in [0.25, 0.3) is 0 Å². The molecule has 0 radical (unpaired) electrons. The summed E-state index contributed by atoms with van der Waals surface area (Å²) in [7, 11) is 0. The zero-order chi connectivity index (χ0) is 10.4. The zero-order valence-electron chi connectivity index (χ0n) is 9.08. The normalized spacial score (nSPS) is 23.4. The molecule has 1 rings (SSSR count). The quantitative estimate of drug-likeness (QED) is 0.619. The van der Waals surface area contributed by atoms with Gasteiger partial charge in [-0.1, -0.05) is 19.3 Å². The van der Waals surface area contributed by atoms with E-state index in [0.29, 0.717) is 12.6 Å². The van der Waals surface area contributed by atoms with E-state index in [4.69, 9.17) is 5.11 Å². The van der Waals surface area contributed by atoms with Crippen LogP contribution in [0.5, 0.6) is 0 Å². The Morgan fingerprint density at radius 1 is 1.29 bits per heavy atom. The molecule has 0 amide bonds. The van der Waals surface area contributed by atoms with Crippen LogP contribution in [0, 0.1) is 5.92 Å². The lowest BCUT2D eigenvalue weighted by Crippen LogP contribution is -2.40. The molecule has 0 heterocycles. The van der Waals surface area contributed by atoms with Crippen LogP contribution in [0.25, 0.3) is 0 Å². The standard InChI is InChI=1S/C11H23NO2/c1-9(12-7-11(14)8-13)10-5-3-2-4-6-10/h9-14H,2-8H2,1H3/t9-,11-/m0/s1. The number of hydrogen-bond acceptors (Lipinski definition) is 3. The second-order valence-electron chi connectivity index (χ2n) is 4.43. The molecule has 3 heteroatoms. The predicted molar refractivity (Wildman–Crippen MR) is 57.1 cm³/mol. The van der Waals surface area contributed by atoms with Gasteiger partial charge in [-0.05, 0) is 25.7 Å². The molecule has 0 aliphatic heterocycles. The average Bonchev–Trinajstić information content (AvgIpc) is 2.26. The summed E-state index contributed by atoms with van der Waals surface area (Å²) in [4.78, 5) is 0. The molecule has 14 heavy (non-hydrogen) atoms. The van der Waals surface area contributed by atoms with E-state index in [-0.39, 0.29) is 6.61 Å². The summed E-state index contributed by atoms with van der Waals surface area (Å²) in [6.45, 7) is 2.54. The fraction of sp³-hybridized carbons (Fsp3) is 1.00. The monoisotopic (exact) mass is 201 g/mol. The molecule has 0 bridgehead atoms. The smallest absolute Gasteiger partial charge is 0.0895 e. The van der Waals surface area contributed by atoms with E-state index in [0.717, 1.165) is 5.92 Å². The summed E-state index contributed by atoms with van der Waals surface area (Å²) < 4.78 is 0. The predicted octanol–water partition coefficient (Wildman–Crippen LogP) is 0.898. The molecule has 1 fully saturated rings. The van der Waals surface area contributed by atoms with Gasteiger partial charge in [-0.3, -0.25) is 0 Å². The van der Waals surface area contributed by atoms with Crippen molar-refractivity contribution in [3.63, 3.8) is 0 Å². The molecule has 0 aromatic heterocycles. The van der Waals surface area contributed by atoms with E-state index < -0.39 is 6.10 Å². The van der Waals surface area contributed by atoms with Crippen LogP contribution < -0.4 is 5.32 Å². The lowest BCUT2D eigenvalue weighted by molar-refractivity contribution is 0.0890. The number of rotatable bonds is 5. The Morgan fingerprint density at radius 3 is 2.50 bits per heavy atom. The SMILES string of the molecule is C[C@H](NC[C@H](O)CO)C1CCCCC1. The molecule has 3 N–H and O–H groups in total. The minimum atomic E-state index is -0.610. The minimum Gasteiger partial charge on any atom is -0.394 e. The number of hydrogen-bond donors (Lipinski definition) is 3. The van der Waals surface area contributed by atoms with E-state index in [9.17, 15) is 5.11 Å². The second-order valence-corrected chi connectivity index (χ2v) is 4.43. The maximum atomic E-state index is 9.19. The van der Waals surface area contributed by atoms with E-state index in [2.05, 4.69) is 12.2 Å². The Bertz CT molecular complexity index is 146. The van der Waals surface area contributed by atoms with Crippen molar-refractivity contribution in [1.29, 1.82) is 0 Å². The van der Waals surface area contributed by atoms with E-state index in [1.54, 1.807) is 0 Å². The fourth-order valence-electron chi connectivity index (χ4n) is 2.19. The summed E-state index contributed by atoms with van der Waals surface area (Å²) in [6, 6.07) is 0.469. The van der Waals surface area contributed by atoms with Crippen LogP contribution >= 0.6 is 0 Å². The minimum absolute atomic E-state index is 0.148. The Morgan fingerprint density at radius 2 is 1.93 bits per heavy atom. The number of nitrogens with one attached hydrogen (secondary N) is 1. The van der Waals surface area contributed by atoms with Gasteiger partial charge >= 0.3 is 0 Å². The molecule has 1 aliphatic carbocycles. The van der Waals surface area contributed by atoms with Crippen molar-refractivity contribution in [2.45, 2.75) is 51.2 Å². The van der Waals surface area contributed by atoms with Gasteiger partial charge in [-0.15, -0.1) is 0 Å². The number of aliphatic hydroxyl groups is 2. The molecule has 3 nitrogen and oxygen atoms in total. The lowest BCUT2D eigenvalue weighted by Gasteiger charge is -2.28. The summed E-state index contributed by atoms with van der Waals surface area (Å²) in [5, 5.41) is 21.2. The molecular weight excluding hydrogens is 178 g/mol. The Hall–Kier alpha value is -0.120. The van der Waals surface area contributed by atoms with Crippen LogP contribution in [0.15, 0.2) is 0 Å². The lowest BCUT2D eigenvalue weighted by atomic mass is 9.84.